The molecule has 0 aliphatic heterocycles. The Kier molecular flexibility index (Phi) is 7.20. The first-order valence-electron chi connectivity index (χ1n) is 6.38. The lowest BCUT2D eigenvalue weighted by atomic mass is 10.0. The summed E-state index contributed by atoms with van der Waals surface area (Å²) in [7, 11) is 0. The number of rotatable bonds is 8. The molecule has 2 atom stereocenters. The molecule has 0 amide bonds. The summed E-state index contributed by atoms with van der Waals surface area (Å²) in [6, 6.07) is 0.482. The van der Waals surface area contributed by atoms with Crippen LogP contribution < -0.4 is 5.32 Å². The van der Waals surface area contributed by atoms with Crippen molar-refractivity contribution < 1.29 is 4.74 Å². The van der Waals surface area contributed by atoms with Gasteiger partial charge in [0.1, 0.15) is 0 Å². The predicted octanol–water partition coefficient (Wildman–Crippen LogP) is 3.36. The maximum absolute atomic E-state index is 6.07. The summed E-state index contributed by atoms with van der Waals surface area (Å²) < 4.78 is 6.07. The van der Waals surface area contributed by atoms with E-state index in [-0.39, 0.29) is 11.7 Å². The van der Waals surface area contributed by atoms with Gasteiger partial charge in [-0.25, -0.2) is 0 Å². The second kappa shape index (κ2) is 7.24. The van der Waals surface area contributed by atoms with Gasteiger partial charge in [0.05, 0.1) is 11.7 Å². The van der Waals surface area contributed by atoms with Gasteiger partial charge in [0.25, 0.3) is 0 Å². The zero-order valence-electron chi connectivity index (χ0n) is 11.4. The Morgan fingerprint density at radius 1 is 1.20 bits per heavy atom. The SMILES string of the molecule is CCCNC(CC)C(C)OC(C)(C)CC. The Bertz CT molecular complexity index is 157. The van der Waals surface area contributed by atoms with E-state index in [4.69, 9.17) is 4.74 Å². The fraction of sp³-hybridized carbons (Fsp3) is 1.00. The van der Waals surface area contributed by atoms with Crippen molar-refractivity contribution in [1.29, 1.82) is 0 Å². The Hall–Kier alpha value is -0.0800. The Labute approximate surface area is 95.8 Å². The first-order valence-corrected chi connectivity index (χ1v) is 6.38. The lowest BCUT2D eigenvalue weighted by Gasteiger charge is -2.32. The van der Waals surface area contributed by atoms with Gasteiger partial charge >= 0.3 is 0 Å². The molecule has 0 saturated heterocycles. The molecular formula is C13H29NO. The molecule has 0 spiro atoms. The van der Waals surface area contributed by atoms with Gasteiger partial charge in [0.15, 0.2) is 0 Å². The molecule has 0 radical (unpaired) electrons. The van der Waals surface area contributed by atoms with Gasteiger partial charge in [-0.1, -0.05) is 20.8 Å². The molecule has 2 unspecified atom stereocenters. The summed E-state index contributed by atoms with van der Waals surface area (Å²) in [5.74, 6) is 0. The molecule has 0 heterocycles. The van der Waals surface area contributed by atoms with Crippen molar-refractivity contribution in [2.45, 2.75) is 78.6 Å². The molecule has 15 heavy (non-hydrogen) atoms. The molecule has 0 aliphatic carbocycles. The summed E-state index contributed by atoms with van der Waals surface area (Å²) in [4.78, 5) is 0. The molecule has 0 fully saturated rings. The lowest BCUT2D eigenvalue weighted by molar-refractivity contribution is -0.0796. The number of hydrogen-bond donors (Lipinski definition) is 1. The predicted molar refractivity (Wildman–Crippen MR) is 67.3 cm³/mol. The van der Waals surface area contributed by atoms with Crippen LogP contribution >= 0.6 is 0 Å². The van der Waals surface area contributed by atoms with Crippen LogP contribution in [0.5, 0.6) is 0 Å². The van der Waals surface area contributed by atoms with E-state index < -0.39 is 0 Å². The van der Waals surface area contributed by atoms with Gasteiger partial charge in [-0.15, -0.1) is 0 Å². The van der Waals surface area contributed by atoms with Crippen LogP contribution in [0, 0.1) is 0 Å². The number of ether oxygens (including phenoxy) is 1. The standard InChI is InChI=1S/C13H29NO/c1-7-10-14-12(8-2)11(4)15-13(5,6)9-3/h11-12,14H,7-10H2,1-6H3. The van der Waals surface area contributed by atoms with Gasteiger partial charge in [-0.3, -0.25) is 0 Å². The number of nitrogens with one attached hydrogen (secondary N) is 1. The zero-order valence-corrected chi connectivity index (χ0v) is 11.4. The van der Waals surface area contributed by atoms with E-state index in [0.29, 0.717) is 6.04 Å². The Balaban J connectivity index is 4.08. The van der Waals surface area contributed by atoms with Crippen molar-refractivity contribution in [2.24, 2.45) is 0 Å². The van der Waals surface area contributed by atoms with Gasteiger partial charge in [0.2, 0.25) is 0 Å². The van der Waals surface area contributed by atoms with E-state index in [0.717, 1.165) is 19.4 Å². The minimum absolute atomic E-state index is 0.000726. The lowest BCUT2D eigenvalue weighted by Crippen LogP contribution is -2.43. The van der Waals surface area contributed by atoms with Crippen LogP contribution in [-0.4, -0.2) is 24.3 Å². The van der Waals surface area contributed by atoms with Crippen molar-refractivity contribution in [3.05, 3.63) is 0 Å². The Morgan fingerprint density at radius 2 is 1.80 bits per heavy atom. The average Bonchev–Trinajstić information content (AvgIpc) is 2.18. The van der Waals surface area contributed by atoms with E-state index >= 15 is 0 Å². The van der Waals surface area contributed by atoms with Crippen LogP contribution in [0.2, 0.25) is 0 Å². The van der Waals surface area contributed by atoms with Crippen molar-refractivity contribution >= 4 is 0 Å². The van der Waals surface area contributed by atoms with Crippen LogP contribution in [0.15, 0.2) is 0 Å². The van der Waals surface area contributed by atoms with Crippen LogP contribution in [0.4, 0.5) is 0 Å². The summed E-state index contributed by atoms with van der Waals surface area (Å²) in [6.45, 7) is 14.2. The highest BCUT2D eigenvalue weighted by atomic mass is 16.5. The quantitative estimate of drug-likeness (QED) is 0.670. The second-order valence-electron chi connectivity index (χ2n) is 4.91. The van der Waals surface area contributed by atoms with Crippen molar-refractivity contribution in [2.75, 3.05) is 6.54 Å². The molecule has 0 aromatic carbocycles. The molecule has 0 rings (SSSR count). The summed E-state index contributed by atoms with van der Waals surface area (Å²) in [6.07, 6.45) is 3.65. The molecule has 92 valence electrons. The smallest absolute Gasteiger partial charge is 0.0707 e. The minimum atomic E-state index is 0.000726. The van der Waals surface area contributed by atoms with Crippen molar-refractivity contribution in [3.8, 4) is 0 Å². The van der Waals surface area contributed by atoms with E-state index in [1.807, 2.05) is 0 Å². The van der Waals surface area contributed by atoms with E-state index in [2.05, 4.69) is 46.9 Å². The third-order valence-corrected chi connectivity index (χ3v) is 3.02. The molecule has 0 bridgehead atoms. The third kappa shape index (κ3) is 6.16. The maximum atomic E-state index is 6.07. The van der Waals surface area contributed by atoms with E-state index in [9.17, 15) is 0 Å². The zero-order chi connectivity index (χ0) is 11.9. The van der Waals surface area contributed by atoms with Gasteiger partial charge in [0, 0.05) is 6.04 Å². The van der Waals surface area contributed by atoms with Gasteiger partial charge in [-0.2, -0.15) is 0 Å². The normalized spacial score (nSPS) is 16.4. The molecule has 1 N–H and O–H groups in total. The molecule has 2 heteroatoms. The minimum Gasteiger partial charge on any atom is -0.371 e. The van der Waals surface area contributed by atoms with Gasteiger partial charge in [-0.05, 0) is 46.6 Å². The Morgan fingerprint density at radius 3 is 2.20 bits per heavy atom. The molecule has 0 aromatic rings. The van der Waals surface area contributed by atoms with Crippen LogP contribution in [0.3, 0.4) is 0 Å². The molecule has 0 saturated carbocycles. The van der Waals surface area contributed by atoms with Crippen LogP contribution in [-0.2, 0) is 4.74 Å². The van der Waals surface area contributed by atoms with Crippen LogP contribution in [0.1, 0.15) is 60.8 Å². The highest BCUT2D eigenvalue weighted by molar-refractivity contribution is 4.76. The first kappa shape index (κ1) is 14.9. The molecular weight excluding hydrogens is 186 g/mol. The van der Waals surface area contributed by atoms with Crippen molar-refractivity contribution in [1.82, 2.24) is 5.32 Å². The van der Waals surface area contributed by atoms with E-state index in [1.165, 1.54) is 6.42 Å². The highest BCUT2D eigenvalue weighted by Gasteiger charge is 2.23. The summed E-state index contributed by atoms with van der Waals surface area (Å²) in [5.41, 5.74) is 0.000726. The largest absolute Gasteiger partial charge is 0.371 e. The molecule has 0 aromatic heterocycles. The summed E-state index contributed by atoms with van der Waals surface area (Å²) >= 11 is 0. The second-order valence-corrected chi connectivity index (χ2v) is 4.91. The number of hydrogen-bond acceptors (Lipinski definition) is 2. The summed E-state index contributed by atoms with van der Waals surface area (Å²) in [5, 5.41) is 3.54. The van der Waals surface area contributed by atoms with Crippen LogP contribution in [0.25, 0.3) is 0 Å². The average molecular weight is 215 g/mol. The topological polar surface area (TPSA) is 21.3 Å². The molecule has 2 nitrogen and oxygen atoms in total. The first-order chi connectivity index (χ1) is 6.96. The fourth-order valence-corrected chi connectivity index (χ4v) is 1.64. The van der Waals surface area contributed by atoms with E-state index in [1.54, 1.807) is 0 Å². The highest BCUT2D eigenvalue weighted by Crippen LogP contribution is 2.18. The van der Waals surface area contributed by atoms with Crippen molar-refractivity contribution in [3.63, 3.8) is 0 Å². The fourth-order valence-electron chi connectivity index (χ4n) is 1.64. The monoisotopic (exact) mass is 215 g/mol. The third-order valence-electron chi connectivity index (χ3n) is 3.02. The maximum Gasteiger partial charge on any atom is 0.0707 e. The molecule has 0 aliphatic rings. The van der Waals surface area contributed by atoms with Gasteiger partial charge < -0.3 is 10.1 Å².